The SMILES string of the molecule is CC(=O)c1cccc(C(F)(F)[C@@H]2CCCO2)c1F. The molecule has 5 heteroatoms. The molecule has 1 aliphatic rings. The molecule has 0 radical (unpaired) electrons. The standard InChI is InChI=1S/C13H13F3O2/c1-8(17)9-4-2-5-10(12(9)14)13(15,16)11-6-3-7-18-11/h2,4-5,11H,3,6-7H2,1H3/t11-/m0/s1. The summed E-state index contributed by atoms with van der Waals surface area (Å²) in [5.41, 5.74) is -1.08. The zero-order valence-electron chi connectivity index (χ0n) is 9.88. The molecule has 0 saturated carbocycles. The van der Waals surface area contributed by atoms with Crippen molar-refractivity contribution in [2.45, 2.75) is 31.8 Å². The molecule has 1 aliphatic heterocycles. The smallest absolute Gasteiger partial charge is 0.301 e. The summed E-state index contributed by atoms with van der Waals surface area (Å²) in [6.45, 7) is 1.40. The zero-order chi connectivity index (χ0) is 13.3. The first-order chi connectivity index (χ1) is 8.44. The number of rotatable bonds is 3. The van der Waals surface area contributed by atoms with Crippen molar-refractivity contribution in [2.24, 2.45) is 0 Å². The molecule has 0 spiro atoms. The monoisotopic (exact) mass is 258 g/mol. The van der Waals surface area contributed by atoms with Crippen molar-refractivity contribution in [3.8, 4) is 0 Å². The fourth-order valence-corrected chi connectivity index (χ4v) is 2.10. The molecule has 1 aromatic carbocycles. The average molecular weight is 258 g/mol. The molecule has 1 saturated heterocycles. The summed E-state index contributed by atoms with van der Waals surface area (Å²) in [6.07, 6.45) is -0.584. The van der Waals surface area contributed by atoms with Crippen LogP contribution in [0.2, 0.25) is 0 Å². The van der Waals surface area contributed by atoms with E-state index in [0.717, 1.165) is 13.0 Å². The number of ether oxygens (including phenoxy) is 1. The predicted molar refractivity (Wildman–Crippen MR) is 59.3 cm³/mol. The van der Waals surface area contributed by atoms with E-state index in [1.165, 1.54) is 12.1 Å². The van der Waals surface area contributed by atoms with Gasteiger partial charge in [0.25, 0.3) is 0 Å². The number of hydrogen-bond acceptors (Lipinski definition) is 2. The Balaban J connectivity index is 2.43. The maximum atomic E-state index is 14.1. The van der Waals surface area contributed by atoms with Crippen molar-refractivity contribution in [1.29, 1.82) is 0 Å². The van der Waals surface area contributed by atoms with E-state index >= 15 is 0 Å². The van der Waals surface area contributed by atoms with E-state index in [1.807, 2.05) is 0 Å². The van der Waals surface area contributed by atoms with Crippen molar-refractivity contribution in [1.82, 2.24) is 0 Å². The van der Waals surface area contributed by atoms with Crippen LogP contribution in [0, 0.1) is 5.82 Å². The Morgan fingerprint density at radius 1 is 1.44 bits per heavy atom. The molecule has 2 nitrogen and oxygen atoms in total. The van der Waals surface area contributed by atoms with Crippen molar-refractivity contribution >= 4 is 5.78 Å². The van der Waals surface area contributed by atoms with E-state index < -0.39 is 29.2 Å². The summed E-state index contributed by atoms with van der Waals surface area (Å²) in [5, 5.41) is 0. The van der Waals surface area contributed by atoms with Crippen LogP contribution in [0.3, 0.4) is 0 Å². The second kappa shape index (κ2) is 4.72. The highest BCUT2D eigenvalue weighted by Gasteiger charge is 2.46. The number of ketones is 1. The van der Waals surface area contributed by atoms with Crippen LogP contribution >= 0.6 is 0 Å². The van der Waals surface area contributed by atoms with Gasteiger partial charge in [-0.25, -0.2) is 4.39 Å². The highest BCUT2D eigenvalue weighted by atomic mass is 19.3. The fourth-order valence-electron chi connectivity index (χ4n) is 2.10. The van der Waals surface area contributed by atoms with Crippen LogP contribution in [0.15, 0.2) is 18.2 Å². The van der Waals surface area contributed by atoms with E-state index in [2.05, 4.69) is 0 Å². The van der Waals surface area contributed by atoms with Crippen LogP contribution in [0.4, 0.5) is 13.2 Å². The number of halogens is 3. The van der Waals surface area contributed by atoms with Gasteiger partial charge in [0, 0.05) is 6.61 Å². The Bertz CT molecular complexity index is 465. The molecule has 1 aromatic rings. The fraction of sp³-hybridized carbons (Fsp3) is 0.462. The summed E-state index contributed by atoms with van der Waals surface area (Å²) in [5.74, 6) is -5.13. The van der Waals surface area contributed by atoms with Gasteiger partial charge in [0.15, 0.2) is 5.78 Å². The van der Waals surface area contributed by atoms with Crippen LogP contribution < -0.4 is 0 Å². The minimum Gasteiger partial charge on any atom is -0.372 e. The Labute approximate surface area is 103 Å². The molecule has 0 unspecified atom stereocenters. The second-order valence-corrected chi connectivity index (χ2v) is 4.35. The van der Waals surface area contributed by atoms with Crippen molar-refractivity contribution in [3.05, 3.63) is 35.1 Å². The van der Waals surface area contributed by atoms with Gasteiger partial charge in [-0.15, -0.1) is 0 Å². The normalized spacial score (nSPS) is 20.1. The Kier molecular flexibility index (Phi) is 3.43. The maximum Gasteiger partial charge on any atom is 0.301 e. The summed E-state index contributed by atoms with van der Waals surface area (Å²) >= 11 is 0. The van der Waals surface area contributed by atoms with E-state index in [-0.39, 0.29) is 18.6 Å². The number of hydrogen-bond donors (Lipinski definition) is 0. The molecular formula is C13H13F3O2. The number of Topliss-reactive ketones (excluding diaryl/α,β-unsaturated/α-hetero) is 1. The highest BCUT2D eigenvalue weighted by Crippen LogP contribution is 2.39. The summed E-state index contributed by atoms with van der Waals surface area (Å²) in [6, 6.07) is 3.47. The molecule has 0 amide bonds. The van der Waals surface area contributed by atoms with Crippen molar-refractivity contribution < 1.29 is 22.7 Å². The van der Waals surface area contributed by atoms with Crippen LogP contribution in [-0.2, 0) is 10.7 Å². The van der Waals surface area contributed by atoms with Crippen molar-refractivity contribution in [2.75, 3.05) is 6.61 Å². The second-order valence-electron chi connectivity index (χ2n) is 4.35. The first-order valence-corrected chi connectivity index (χ1v) is 5.74. The average Bonchev–Trinajstić information content (AvgIpc) is 2.82. The zero-order valence-corrected chi connectivity index (χ0v) is 9.88. The lowest BCUT2D eigenvalue weighted by Crippen LogP contribution is -2.31. The third kappa shape index (κ3) is 2.14. The van der Waals surface area contributed by atoms with Gasteiger partial charge in [-0.3, -0.25) is 4.79 Å². The van der Waals surface area contributed by atoms with E-state index in [1.54, 1.807) is 0 Å². The van der Waals surface area contributed by atoms with Gasteiger partial charge in [0.05, 0.1) is 11.1 Å². The Morgan fingerprint density at radius 2 is 2.17 bits per heavy atom. The largest absolute Gasteiger partial charge is 0.372 e. The molecule has 1 heterocycles. The maximum absolute atomic E-state index is 14.1. The van der Waals surface area contributed by atoms with E-state index in [9.17, 15) is 18.0 Å². The quantitative estimate of drug-likeness (QED) is 0.777. The van der Waals surface area contributed by atoms with E-state index in [4.69, 9.17) is 4.74 Å². The van der Waals surface area contributed by atoms with Gasteiger partial charge in [-0.2, -0.15) is 8.78 Å². The van der Waals surface area contributed by atoms with Gasteiger partial charge in [-0.05, 0) is 31.9 Å². The molecule has 0 N–H and O–H groups in total. The predicted octanol–water partition coefficient (Wildman–Crippen LogP) is 3.30. The molecule has 0 bridgehead atoms. The molecule has 1 atom stereocenters. The molecule has 1 fully saturated rings. The molecule has 0 aromatic heterocycles. The Hall–Kier alpha value is -1.36. The molecule has 98 valence electrons. The van der Waals surface area contributed by atoms with Crippen LogP contribution in [0.25, 0.3) is 0 Å². The van der Waals surface area contributed by atoms with Gasteiger partial charge in [0.2, 0.25) is 0 Å². The summed E-state index contributed by atoms with van der Waals surface area (Å²) in [4.78, 5) is 11.2. The first kappa shape index (κ1) is 13.1. The van der Waals surface area contributed by atoms with E-state index in [0.29, 0.717) is 6.42 Å². The van der Waals surface area contributed by atoms with Gasteiger partial charge < -0.3 is 4.74 Å². The third-order valence-electron chi connectivity index (χ3n) is 3.07. The topological polar surface area (TPSA) is 26.3 Å². The summed E-state index contributed by atoms with van der Waals surface area (Å²) < 4.78 is 47.0. The lowest BCUT2D eigenvalue weighted by molar-refractivity contribution is -0.124. The first-order valence-electron chi connectivity index (χ1n) is 5.74. The molecular weight excluding hydrogens is 245 g/mol. The lowest BCUT2D eigenvalue weighted by atomic mass is 9.97. The highest BCUT2D eigenvalue weighted by molar-refractivity contribution is 5.94. The lowest BCUT2D eigenvalue weighted by Gasteiger charge is -2.23. The van der Waals surface area contributed by atoms with Crippen LogP contribution in [-0.4, -0.2) is 18.5 Å². The molecule has 0 aliphatic carbocycles. The van der Waals surface area contributed by atoms with Crippen molar-refractivity contribution in [3.63, 3.8) is 0 Å². The van der Waals surface area contributed by atoms with Crippen LogP contribution in [0.5, 0.6) is 0 Å². The minimum atomic E-state index is -3.41. The Morgan fingerprint density at radius 3 is 2.72 bits per heavy atom. The minimum absolute atomic E-state index is 0.191. The summed E-state index contributed by atoms with van der Waals surface area (Å²) in [7, 11) is 0. The molecule has 2 rings (SSSR count). The van der Waals surface area contributed by atoms with Gasteiger partial charge in [-0.1, -0.05) is 6.07 Å². The molecule has 18 heavy (non-hydrogen) atoms. The van der Waals surface area contributed by atoms with Gasteiger partial charge in [0.1, 0.15) is 11.9 Å². The van der Waals surface area contributed by atoms with Gasteiger partial charge >= 0.3 is 5.92 Å². The number of carbonyl (C=O) groups is 1. The van der Waals surface area contributed by atoms with Crippen LogP contribution in [0.1, 0.15) is 35.7 Å². The number of carbonyl (C=O) groups excluding carboxylic acids is 1. The number of benzene rings is 1. The third-order valence-corrected chi connectivity index (χ3v) is 3.07. The number of alkyl halides is 2.